The monoisotopic (exact) mass is 180 g/mol. The van der Waals surface area contributed by atoms with Gasteiger partial charge >= 0.3 is 0 Å². The molecule has 2 nitrogen and oxygen atoms in total. The molecule has 1 N–H and O–H groups in total. The molecule has 0 aliphatic carbocycles. The molecular formula is C9H12N2S. The van der Waals surface area contributed by atoms with Crippen LogP contribution in [0.1, 0.15) is 10.7 Å². The molecule has 0 radical (unpaired) electrons. The van der Waals surface area contributed by atoms with Gasteiger partial charge in [-0.05, 0) is 14.0 Å². The molecule has 0 fully saturated rings. The molecule has 0 saturated heterocycles. The van der Waals surface area contributed by atoms with Gasteiger partial charge in [-0.3, -0.25) is 0 Å². The molecule has 1 unspecified atom stereocenters. The summed E-state index contributed by atoms with van der Waals surface area (Å²) in [5.41, 5.74) is 1.07. The Hall–Kier alpha value is -0.850. The van der Waals surface area contributed by atoms with Crippen molar-refractivity contribution in [2.75, 3.05) is 7.05 Å². The molecular weight excluding hydrogens is 168 g/mol. The Labute approximate surface area is 77.0 Å². The average molecular weight is 180 g/mol. The number of nitrogens with zero attached hydrogens (tertiary/aromatic N) is 1. The maximum absolute atomic E-state index is 5.30. The molecule has 64 valence electrons. The fourth-order valence-corrected chi connectivity index (χ4v) is 1.73. The van der Waals surface area contributed by atoms with E-state index in [4.69, 9.17) is 6.42 Å². The van der Waals surface area contributed by atoms with Crippen LogP contribution in [0.4, 0.5) is 0 Å². The van der Waals surface area contributed by atoms with Crippen molar-refractivity contribution in [1.82, 2.24) is 10.3 Å². The normalized spacial score (nSPS) is 12.4. The van der Waals surface area contributed by atoms with Gasteiger partial charge in [0.25, 0.3) is 0 Å². The third-order valence-electron chi connectivity index (χ3n) is 1.59. The maximum Gasteiger partial charge on any atom is 0.0953 e. The summed E-state index contributed by atoms with van der Waals surface area (Å²) < 4.78 is 0. The van der Waals surface area contributed by atoms with Crippen molar-refractivity contribution in [2.45, 2.75) is 19.4 Å². The van der Waals surface area contributed by atoms with E-state index in [2.05, 4.69) is 16.2 Å². The van der Waals surface area contributed by atoms with Crippen LogP contribution in [0.15, 0.2) is 5.38 Å². The third-order valence-corrected chi connectivity index (χ3v) is 2.58. The van der Waals surface area contributed by atoms with Gasteiger partial charge in [-0.25, -0.2) is 4.98 Å². The summed E-state index contributed by atoms with van der Waals surface area (Å²) in [6, 6.07) is 0.107. The Kier molecular flexibility index (Phi) is 3.27. The number of nitrogens with one attached hydrogen (secondary N) is 1. The van der Waals surface area contributed by atoms with E-state index < -0.39 is 0 Å². The van der Waals surface area contributed by atoms with Crippen LogP contribution in [0.2, 0.25) is 0 Å². The first-order valence-corrected chi connectivity index (χ1v) is 4.68. The molecule has 0 saturated carbocycles. The molecule has 0 aliphatic heterocycles. The number of rotatable bonds is 3. The van der Waals surface area contributed by atoms with Gasteiger partial charge in [0, 0.05) is 17.5 Å². The summed E-state index contributed by atoms with van der Waals surface area (Å²) in [7, 11) is 1.87. The molecule has 0 bridgehead atoms. The molecule has 12 heavy (non-hydrogen) atoms. The standard InChI is InChI=1S/C9H12N2S/c1-4-8(10-3)5-9-11-7(2)6-12-9/h1,6,8,10H,5H2,2-3H3. The number of hydrogen-bond donors (Lipinski definition) is 1. The van der Waals surface area contributed by atoms with Crippen molar-refractivity contribution in [3.63, 3.8) is 0 Å². The first kappa shape index (κ1) is 9.24. The highest BCUT2D eigenvalue weighted by molar-refractivity contribution is 7.09. The lowest BCUT2D eigenvalue weighted by Crippen LogP contribution is -2.25. The van der Waals surface area contributed by atoms with Crippen molar-refractivity contribution in [3.8, 4) is 12.3 Å². The molecule has 0 spiro atoms. The van der Waals surface area contributed by atoms with E-state index in [9.17, 15) is 0 Å². The highest BCUT2D eigenvalue weighted by Gasteiger charge is 2.05. The molecule has 1 rings (SSSR count). The van der Waals surface area contributed by atoms with Gasteiger partial charge in [0.05, 0.1) is 11.0 Å². The lowest BCUT2D eigenvalue weighted by atomic mass is 10.2. The smallest absolute Gasteiger partial charge is 0.0953 e. The Morgan fingerprint density at radius 1 is 1.83 bits per heavy atom. The third kappa shape index (κ3) is 2.33. The van der Waals surface area contributed by atoms with Crippen LogP contribution in [-0.2, 0) is 6.42 Å². The Morgan fingerprint density at radius 3 is 3.00 bits per heavy atom. The van der Waals surface area contributed by atoms with E-state index in [1.54, 1.807) is 11.3 Å². The quantitative estimate of drug-likeness (QED) is 0.707. The minimum atomic E-state index is 0.107. The average Bonchev–Trinajstić information content (AvgIpc) is 2.47. The molecule has 0 aromatic carbocycles. The minimum absolute atomic E-state index is 0.107. The van der Waals surface area contributed by atoms with Crippen LogP contribution < -0.4 is 5.32 Å². The maximum atomic E-state index is 5.30. The van der Waals surface area contributed by atoms with E-state index >= 15 is 0 Å². The number of hydrogen-bond acceptors (Lipinski definition) is 3. The number of likely N-dealkylation sites (N-methyl/N-ethyl adjacent to an activating group) is 1. The SMILES string of the molecule is C#CC(Cc1nc(C)cs1)NC. The van der Waals surface area contributed by atoms with Gasteiger partial charge in [-0.15, -0.1) is 17.8 Å². The van der Waals surface area contributed by atoms with Gasteiger partial charge in [-0.2, -0.15) is 0 Å². The number of thiazole rings is 1. The fraction of sp³-hybridized carbons (Fsp3) is 0.444. The molecule has 1 heterocycles. The second-order valence-electron chi connectivity index (χ2n) is 2.59. The zero-order valence-corrected chi connectivity index (χ0v) is 8.11. The van der Waals surface area contributed by atoms with E-state index in [1.807, 2.05) is 19.4 Å². The van der Waals surface area contributed by atoms with E-state index in [-0.39, 0.29) is 6.04 Å². The van der Waals surface area contributed by atoms with Crippen molar-refractivity contribution in [3.05, 3.63) is 16.1 Å². The van der Waals surface area contributed by atoms with Crippen LogP contribution in [-0.4, -0.2) is 18.1 Å². The summed E-state index contributed by atoms with van der Waals surface area (Å²) >= 11 is 1.66. The van der Waals surface area contributed by atoms with Gasteiger partial charge < -0.3 is 5.32 Å². The molecule has 3 heteroatoms. The molecule has 1 aromatic heterocycles. The van der Waals surface area contributed by atoms with Crippen molar-refractivity contribution in [1.29, 1.82) is 0 Å². The predicted octanol–water partition coefficient (Wildman–Crippen LogP) is 1.22. The number of terminal acetylenes is 1. The summed E-state index contributed by atoms with van der Waals surface area (Å²) in [4.78, 5) is 4.33. The topological polar surface area (TPSA) is 24.9 Å². The molecule has 1 aromatic rings. The second-order valence-corrected chi connectivity index (χ2v) is 3.54. The predicted molar refractivity (Wildman–Crippen MR) is 52.2 cm³/mol. The number of aryl methyl sites for hydroxylation is 1. The van der Waals surface area contributed by atoms with E-state index in [0.717, 1.165) is 17.1 Å². The van der Waals surface area contributed by atoms with E-state index in [1.165, 1.54) is 0 Å². The van der Waals surface area contributed by atoms with Crippen LogP contribution in [0.3, 0.4) is 0 Å². The van der Waals surface area contributed by atoms with Crippen molar-refractivity contribution in [2.24, 2.45) is 0 Å². The summed E-state index contributed by atoms with van der Waals surface area (Å²) in [6.45, 7) is 1.99. The highest BCUT2D eigenvalue weighted by atomic mass is 32.1. The Balaban J connectivity index is 2.58. The van der Waals surface area contributed by atoms with Crippen LogP contribution in [0, 0.1) is 19.3 Å². The summed E-state index contributed by atoms with van der Waals surface area (Å²) in [5.74, 6) is 2.67. The van der Waals surface area contributed by atoms with Crippen LogP contribution >= 0.6 is 11.3 Å². The summed E-state index contributed by atoms with van der Waals surface area (Å²) in [5, 5.41) is 6.18. The number of aromatic nitrogens is 1. The lowest BCUT2D eigenvalue weighted by Gasteiger charge is -2.05. The van der Waals surface area contributed by atoms with Crippen molar-refractivity contribution >= 4 is 11.3 Å². The van der Waals surface area contributed by atoms with Crippen LogP contribution in [0.25, 0.3) is 0 Å². The molecule has 0 amide bonds. The van der Waals surface area contributed by atoms with Gasteiger partial charge in [0.2, 0.25) is 0 Å². The van der Waals surface area contributed by atoms with E-state index in [0.29, 0.717) is 0 Å². The highest BCUT2D eigenvalue weighted by Crippen LogP contribution is 2.10. The van der Waals surface area contributed by atoms with Gasteiger partial charge in [-0.1, -0.05) is 5.92 Å². The van der Waals surface area contributed by atoms with Crippen molar-refractivity contribution < 1.29 is 0 Å². The molecule has 1 atom stereocenters. The minimum Gasteiger partial charge on any atom is -0.306 e. The first-order valence-electron chi connectivity index (χ1n) is 3.80. The zero-order valence-electron chi connectivity index (χ0n) is 7.29. The Bertz CT molecular complexity index is 285. The first-order chi connectivity index (χ1) is 5.76. The summed E-state index contributed by atoms with van der Waals surface area (Å²) in [6.07, 6.45) is 6.13. The zero-order chi connectivity index (χ0) is 8.97. The van der Waals surface area contributed by atoms with Gasteiger partial charge in [0.1, 0.15) is 0 Å². The Morgan fingerprint density at radius 2 is 2.58 bits per heavy atom. The second kappa shape index (κ2) is 4.24. The largest absolute Gasteiger partial charge is 0.306 e. The lowest BCUT2D eigenvalue weighted by molar-refractivity contribution is 0.680. The fourth-order valence-electron chi connectivity index (χ4n) is 0.915. The molecule has 0 aliphatic rings. The van der Waals surface area contributed by atoms with Crippen LogP contribution in [0.5, 0.6) is 0 Å². The van der Waals surface area contributed by atoms with Gasteiger partial charge in [0.15, 0.2) is 0 Å².